The second-order valence-corrected chi connectivity index (χ2v) is 12.6. The van der Waals surface area contributed by atoms with Crippen LogP contribution in [0.3, 0.4) is 0 Å². The molecule has 0 saturated heterocycles. The largest absolute Gasteiger partial charge is 0.310 e. The van der Waals surface area contributed by atoms with Gasteiger partial charge in [0.2, 0.25) is 0 Å². The highest BCUT2D eigenvalue weighted by Crippen LogP contribution is 2.41. The van der Waals surface area contributed by atoms with E-state index in [1.165, 1.54) is 65.7 Å². The van der Waals surface area contributed by atoms with Gasteiger partial charge in [-0.15, -0.1) is 0 Å². The molecule has 1 nitrogen and oxygen atoms in total. The van der Waals surface area contributed by atoms with Crippen molar-refractivity contribution in [3.8, 4) is 33.4 Å². The minimum absolute atomic E-state index is 1.11. The Morgan fingerprint density at radius 3 is 1.55 bits per heavy atom. The molecule has 1 heteroatoms. The molecule has 230 valence electrons. The predicted molar refractivity (Wildman–Crippen MR) is 210 cm³/mol. The van der Waals surface area contributed by atoms with Gasteiger partial charge < -0.3 is 4.90 Å². The van der Waals surface area contributed by atoms with Crippen molar-refractivity contribution >= 4 is 49.4 Å². The second-order valence-electron chi connectivity index (χ2n) is 12.6. The van der Waals surface area contributed by atoms with Gasteiger partial charge in [0.15, 0.2) is 0 Å². The fraction of sp³-hybridized carbons (Fsp3) is 0. The summed E-state index contributed by atoms with van der Waals surface area (Å²) in [7, 11) is 0. The lowest BCUT2D eigenvalue weighted by Gasteiger charge is -2.27. The highest BCUT2D eigenvalue weighted by Gasteiger charge is 2.17. The smallest absolute Gasteiger partial charge is 0.0540 e. The molecule has 0 amide bonds. The summed E-state index contributed by atoms with van der Waals surface area (Å²) in [5, 5.41) is 7.47. The lowest BCUT2D eigenvalue weighted by atomic mass is 9.97. The molecule has 0 atom stereocenters. The molecule has 9 rings (SSSR count). The van der Waals surface area contributed by atoms with Crippen molar-refractivity contribution in [3.05, 3.63) is 200 Å². The molecule has 49 heavy (non-hydrogen) atoms. The molecule has 0 aromatic heterocycles. The third-order valence-corrected chi connectivity index (χ3v) is 9.64. The number of hydrogen-bond donors (Lipinski definition) is 0. The molecule has 0 spiro atoms. The van der Waals surface area contributed by atoms with E-state index in [0.29, 0.717) is 0 Å². The Hall–Kier alpha value is -6.44. The molecule has 0 aliphatic heterocycles. The Balaban J connectivity index is 1.11. The molecule has 0 heterocycles. The lowest BCUT2D eigenvalue weighted by Crippen LogP contribution is -2.10. The van der Waals surface area contributed by atoms with Crippen LogP contribution in [0.15, 0.2) is 200 Å². The first-order valence-electron chi connectivity index (χ1n) is 16.8. The Bertz CT molecular complexity index is 2590. The highest BCUT2D eigenvalue weighted by atomic mass is 15.1. The molecule has 9 aromatic carbocycles. The van der Waals surface area contributed by atoms with Gasteiger partial charge in [-0.05, 0) is 96.7 Å². The van der Waals surface area contributed by atoms with Crippen molar-refractivity contribution < 1.29 is 0 Å². The van der Waals surface area contributed by atoms with E-state index in [2.05, 4.69) is 205 Å². The van der Waals surface area contributed by atoms with Gasteiger partial charge in [0.25, 0.3) is 0 Å². The van der Waals surface area contributed by atoms with Crippen LogP contribution in [0.4, 0.5) is 17.1 Å². The van der Waals surface area contributed by atoms with Crippen molar-refractivity contribution in [3.63, 3.8) is 0 Å². The number of fused-ring (bicyclic) bond motifs is 3. The summed E-state index contributed by atoms with van der Waals surface area (Å²) in [4.78, 5) is 2.39. The van der Waals surface area contributed by atoms with Crippen LogP contribution in [0.2, 0.25) is 0 Å². The monoisotopic (exact) mass is 623 g/mol. The minimum Gasteiger partial charge on any atom is -0.310 e. The van der Waals surface area contributed by atoms with Gasteiger partial charge in [-0.25, -0.2) is 0 Å². The number of rotatable bonds is 6. The van der Waals surface area contributed by atoms with Crippen molar-refractivity contribution in [2.45, 2.75) is 0 Å². The molecule has 0 aliphatic rings. The zero-order chi connectivity index (χ0) is 32.6. The van der Waals surface area contributed by atoms with Crippen molar-refractivity contribution in [1.29, 1.82) is 0 Å². The number of anilines is 3. The Labute approximate surface area is 287 Å². The third-order valence-electron chi connectivity index (χ3n) is 9.64. The summed E-state index contributed by atoms with van der Waals surface area (Å²) >= 11 is 0. The van der Waals surface area contributed by atoms with Crippen LogP contribution in [0.1, 0.15) is 0 Å². The summed E-state index contributed by atoms with van der Waals surface area (Å²) in [6.45, 7) is 0. The first-order valence-corrected chi connectivity index (χ1v) is 16.8. The highest BCUT2D eigenvalue weighted by molar-refractivity contribution is 6.01. The first kappa shape index (κ1) is 28.8. The van der Waals surface area contributed by atoms with Crippen molar-refractivity contribution in [2.75, 3.05) is 4.90 Å². The molecule has 0 aliphatic carbocycles. The van der Waals surface area contributed by atoms with Gasteiger partial charge in [0.1, 0.15) is 0 Å². The molecular formula is C48H33N. The van der Waals surface area contributed by atoms with Crippen LogP contribution in [-0.2, 0) is 0 Å². The van der Waals surface area contributed by atoms with E-state index >= 15 is 0 Å². The SMILES string of the molecule is c1cc(-c2cccc3ccccc23)cc(N(c2ccc(-c3ccc(-c4ccc5ccccc5c4)cc3)cc2)c2cccc3ccccc23)c1. The Morgan fingerprint density at radius 2 is 0.796 bits per heavy atom. The van der Waals surface area contributed by atoms with E-state index in [-0.39, 0.29) is 0 Å². The summed E-state index contributed by atoms with van der Waals surface area (Å²) in [6.07, 6.45) is 0. The molecule has 9 aromatic rings. The van der Waals surface area contributed by atoms with Crippen LogP contribution in [0, 0.1) is 0 Å². The van der Waals surface area contributed by atoms with Gasteiger partial charge in [0, 0.05) is 16.8 Å². The van der Waals surface area contributed by atoms with Crippen LogP contribution >= 0.6 is 0 Å². The van der Waals surface area contributed by atoms with Crippen molar-refractivity contribution in [1.82, 2.24) is 0 Å². The van der Waals surface area contributed by atoms with E-state index < -0.39 is 0 Å². The van der Waals surface area contributed by atoms with Gasteiger partial charge in [-0.1, -0.05) is 164 Å². The normalized spacial score (nSPS) is 11.3. The zero-order valence-electron chi connectivity index (χ0n) is 27.0. The van der Waals surface area contributed by atoms with Gasteiger partial charge in [0.05, 0.1) is 5.69 Å². The first-order chi connectivity index (χ1) is 24.3. The van der Waals surface area contributed by atoms with E-state index in [9.17, 15) is 0 Å². The van der Waals surface area contributed by atoms with E-state index in [1.54, 1.807) is 0 Å². The quantitative estimate of drug-likeness (QED) is 0.178. The van der Waals surface area contributed by atoms with Crippen LogP contribution in [0.25, 0.3) is 65.7 Å². The summed E-state index contributed by atoms with van der Waals surface area (Å²) in [6, 6.07) is 72.5. The third kappa shape index (κ3) is 5.42. The molecule has 0 unspecified atom stereocenters. The van der Waals surface area contributed by atoms with E-state index in [1.807, 2.05) is 0 Å². The average molecular weight is 624 g/mol. The van der Waals surface area contributed by atoms with E-state index in [4.69, 9.17) is 0 Å². The topological polar surface area (TPSA) is 3.24 Å². The molecule has 0 saturated carbocycles. The standard InChI is InChI=1S/C48H33N/c1-2-13-40-32-41(27-26-34(40)10-1)37-24-22-35(23-25-37)36-28-30-43(31-29-36)49(48-21-9-15-39-12-4-6-19-47(39)48)44-17-7-16-42(33-44)46-20-8-14-38-11-3-5-18-45(38)46/h1-33H. The molecule has 0 radical (unpaired) electrons. The van der Waals surface area contributed by atoms with Crippen LogP contribution < -0.4 is 4.90 Å². The number of hydrogen-bond acceptors (Lipinski definition) is 1. The van der Waals surface area contributed by atoms with Gasteiger partial charge >= 0.3 is 0 Å². The fourth-order valence-electron chi connectivity index (χ4n) is 7.15. The summed E-state index contributed by atoms with van der Waals surface area (Å²) < 4.78 is 0. The van der Waals surface area contributed by atoms with Gasteiger partial charge in [-0.2, -0.15) is 0 Å². The second kappa shape index (κ2) is 12.3. The van der Waals surface area contributed by atoms with Crippen molar-refractivity contribution in [2.24, 2.45) is 0 Å². The van der Waals surface area contributed by atoms with E-state index in [0.717, 1.165) is 17.1 Å². The zero-order valence-corrected chi connectivity index (χ0v) is 27.0. The molecule has 0 fully saturated rings. The lowest BCUT2D eigenvalue weighted by molar-refractivity contribution is 1.30. The molecular weight excluding hydrogens is 591 g/mol. The fourth-order valence-corrected chi connectivity index (χ4v) is 7.15. The Kier molecular flexibility index (Phi) is 7.22. The van der Waals surface area contributed by atoms with Gasteiger partial charge in [-0.3, -0.25) is 0 Å². The summed E-state index contributed by atoms with van der Waals surface area (Å²) in [5.74, 6) is 0. The predicted octanol–water partition coefficient (Wildman–Crippen LogP) is 13.6. The maximum absolute atomic E-state index is 2.39. The molecule has 0 bridgehead atoms. The number of nitrogens with zero attached hydrogens (tertiary/aromatic N) is 1. The minimum atomic E-state index is 1.11. The maximum Gasteiger partial charge on any atom is 0.0540 e. The summed E-state index contributed by atoms with van der Waals surface area (Å²) in [5.41, 5.74) is 10.7. The Morgan fingerprint density at radius 1 is 0.265 bits per heavy atom. The van der Waals surface area contributed by atoms with Crippen LogP contribution in [-0.4, -0.2) is 0 Å². The maximum atomic E-state index is 2.39. The average Bonchev–Trinajstić information content (AvgIpc) is 3.18. The van der Waals surface area contributed by atoms with Crippen LogP contribution in [0.5, 0.6) is 0 Å². The molecule has 0 N–H and O–H groups in total. The number of benzene rings is 9.